The van der Waals surface area contributed by atoms with E-state index in [-0.39, 0.29) is 24.0 Å². The van der Waals surface area contributed by atoms with E-state index in [1.54, 1.807) is 12.3 Å². The van der Waals surface area contributed by atoms with E-state index in [1.165, 1.54) is 0 Å². The quantitative estimate of drug-likeness (QED) is 0.375. The SMILES string of the molecule is CCC1CC(Nc2nc(Nc3cc(C)[nH]n3)c3ccccc3n2)CC(C)N1C(=O)c1ccccn1. The zero-order chi connectivity index (χ0) is 24.4. The van der Waals surface area contributed by atoms with Gasteiger partial charge in [0.2, 0.25) is 5.95 Å². The normalized spacial score (nSPS) is 20.1. The van der Waals surface area contributed by atoms with E-state index in [0.29, 0.717) is 23.3 Å². The van der Waals surface area contributed by atoms with Gasteiger partial charge in [0.05, 0.1) is 5.52 Å². The molecule has 0 aliphatic carbocycles. The van der Waals surface area contributed by atoms with E-state index in [2.05, 4.69) is 39.7 Å². The summed E-state index contributed by atoms with van der Waals surface area (Å²) >= 11 is 0. The molecule has 3 atom stereocenters. The molecule has 35 heavy (non-hydrogen) atoms. The second-order valence-electron chi connectivity index (χ2n) is 9.13. The van der Waals surface area contributed by atoms with Crippen LogP contribution in [0.25, 0.3) is 10.9 Å². The third-order valence-electron chi connectivity index (χ3n) is 6.53. The molecule has 3 aromatic heterocycles. The third kappa shape index (κ3) is 4.80. The van der Waals surface area contributed by atoms with Crippen LogP contribution in [0.5, 0.6) is 0 Å². The number of rotatable bonds is 6. The minimum absolute atomic E-state index is 0.00821. The minimum Gasteiger partial charge on any atom is -0.351 e. The Morgan fingerprint density at radius 1 is 1.14 bits per heavy atom. The second-order valence-corrected chi connectivity index (χ2v) is 9.13. The molecule has 0 spiro atoms. The number of amides is 1. The number of carbonyl (C=O) groups excluding carboxylic acids is 1. The van der Waals surface area contributed by atoms with Crippen LogP contribution in [0.2, 0.25) is 0 Å². The number of carbonyl (C=O) groups is 1. The molecule has 1 saturated heterocycles. The lowest BCUT2D eigenvalue weighted by Crippen LogP contribution is -2.53. The molecule has 3 N–H and O–H groups in total. The Morgan fingerprint density at radius 2 is 1.97 bits per heavy atom. The number of pyridine rings is 1. The Bertz CT molecular complexity index is 1320. The van der Waals surface area contributed by atoms with Gasteiger partial charge >= 0.3 is 0 Å². The first-order chi connectivity index (χ1) is 17.0. The highest BCUT2D eigenvalue weighted by Gasteiger charge is 2.36. The second kappa shape index (κ2) is 9.69. The first kappa shape index (κ1) is 22.8. The average molecular weight is 471 g/mol. The zero-order valence-corrected chi connectivity index (χ0v) is 20.2. The number of benzene rings is 1. The molecule has 4 aromatic rings. The number of aromatic amines is 1. The summed E-state index contributed by atoms with van der Waals surface area (Å²) < 4.78 is 0. The number of anilines is 3. The summed E-state index contributed by atoms with van der Waals surface area (Å²) in [6.07, 6.45) is 4.15. The molecule has 5 rings (SSSR count). The third-order valence-corrected chi connectivity index (χ3v) is 6.53. The number of H-pyrrole nitrogens is 1. The Kier molecular flexibility index (Phi) is 6.31. The van der Waals surface area contributed by atoms with Crippen LogP contribution in [-0.4, -0.2) is 54.1 Å². The molecule has 1 aromatic carbocycles. The molecule has 0 saturated carbocycles. The lowest BCUT2D eigenvalue weighted by molar-refractivity contribution is 0.0448. The van der Waals surface area contributed by atoms with Gasteiger partial charge in [0, 0.05) is 41.5 Å². The largest absolute Gasteiger partial charge is 0.351 e. The number of fused-ring (bicyclic) bond motifs is 1. The van der Waals surface area contributed by atoms with Crippen LogP contribution < -0.4 is 10.6 Å². The predicted octanol–water partition coefficient (Wildman–Crippen LogP) is 4.68. The van der Waals surface area contributed by atoms with Crippen LogP contribution in [0, 0.1) is 6.92 Å². The Hall–Kier alpha value is -4.01. The average Bonchev–Trinajstić information content (AvgIpc) is 3.28. The predicted molar refractivity (Wildman–Crippen MR) is 137 cm³/mol. The molecule has 4 heterocycles. The van der Waals surface area contributed by atoms with Crippen LogP contribution in [0.3, 0.4) is 0 Å². The van der Waals surface area contributed by atoms with Crippen molar-refractivity contribution in [2.24, 2.45) is 0 Å². The number of nitrogens with zero attached hydrogens (tertiary/aromatic N) is 5. The summed E-state index contributed by atoms with van der Waals surface area (Å²) in [5, 5.41) is 15.0. The topological polar surface area (TPSA) is 112 Å². The molecular formula is C26H30N8O. The number of likely N-dealkylation sites (tertiary alicyclic amines) is 1. The molecule has 1 amide bonds. The molecular weight excluding hydrogens is 440 g/mol. The smallest absolute Gasteiger partial charge is 0.272 e. The van der Waals surface area contributed by atoms with Gasteiger partial charge in [0.1, 0.15) is 11.5 Å². The van der Waals surface area contributed by atoms with Gasteiger partial charge in [-0.1, -0.05) is 25.1 Å². The fourth-order valence-electron chi connectivity index (χ4n) is 4.91. The maximum atomic E-state index is 13.2. The van der Waals surface area contributed by atoms with Gasteiger partial charge in [-0.3, -0.25) is 14.9 Å². The molecule has 9 heteroatoms. The standard InChI is InChI=1S/C26H30N8O/c1-4-19-15-18(14-17(3)34(19)25(35)22-11-7-8-12-27-22)28-26-29-21-10-6-5-9-20(21)24(31-26)30-23-13-16(2)32-33-23/h5-13,17-19H,4,14-15H2,1-3H3,(H3,28,29,30,31,32,33). The highest BCUT2D eigenvalue weighted by molar-refractivity contribution is 5.93. The Balaban J connectivity index is 1.38. The number of nitrogens with one attached hydrogen (secondary N) is 3. The molecule has 0 radical (unpaired) electrons. The van der Waals surface area contributed by atoms with Crippen molar-refractivity contribution < 1.29 is 4.79 Å². The molecule has 1 fully saturated rings. The number of hydrogen-bond acceptors (Lipinski definition) is 7. The van der Waals surface area contributed by atoms with E-state index in [1.807, 2.05) is 54.3 Å². The van der Waals surface area contributed by atoms with Crippen LogP contribution in [0.1, 0.15) is 49.3 Å². The summed E-state index contributed by atoms with van der Waals surface area (Å²) in [5.74, 6) is 1.96. The van der Waals surface area contributed by atoms with Crippen molar-refractivity contribution in [2.45, 2.75) is 58.2 Å². The summed E-state index contributed by atoms with van der Waals surface area (Å²) in [4.78, 5) is 29.1. The lowest BCUT2D eigenvalue weighted by Gasteiger charge is -2.44. The number of aromatic nitrogens is 5. The van der Waals surface area contributed by atoms with Gasteiger partial charge in [0.25, 0.3) is 5.91 Å². The van der Waals surface area contributed by atoms with Gasteiger partial charge in [-0.2, -0.15) is 10.1 Å². The van der Waals surface area contributed by atoms with Crippen molar-refractivity contribution in [2.75, 3.05) is 10.6 Å². The molecule has 1 aliphatic heterocycles. The van der Waals surface area contributed by atoms with Crippen LogP contribution in [-0.2, 0) is 0 Å². The first-order valence-corrected chi connectivity index (χ1v) is 12.1. The number of hydrogen-bond donors (Lipinski definition) is 3. The van der Waals surface area contributed by atoms with Crippen LogP contribution >= 0.6 is 0 Å². The molecule has 0 bridgehead atoms. The van der Waals surface area contributed by atoms with Gasteiger partial charge < -0.3 is 15.5 Å². The fraction of sp³-hybridized carbons (Fsp3) is 0.346. The summed E-state index contributed by atoms with van der Waals surface area (Å²) in [7, 11) is 0. The van der Waals surface area contributed by atoms with Crippen molar-refractivity contribution >= 4 is 34.4 Å². The van der Waals surface area contributed by atoms with Crippen molar-refractivity contribution in [3.05, 3.63) is 66.1 Å². The van der Waals surface area contributed by atoms with E-state index in [0.717, 1.165) is 35.9 Å². The Labute approximate surface area is 204 Å². The summed E-state index contributed by atoms with van der Waals surface area (Å²) in [5.41, 5.74) is 2.31. The number of piperidine rings is 1. The van der Waals surface area contributed by atoms with Gasteiger partial charge in [-0.15, -0.1) is 0 Å². The van der Waals surface area contributed by atoms with Crippen LogP contribution in [0.4, 0.5) is 17.6 Å². The maximum absolute atomic E-state index is 13.2. The highest BCUT2D eigenvalue weighted by atomic mass is 16.2. The summed E-state index contributed by atoms with van der Waals surface area (Å²) in [6.45, 7) is 6.18. The van der Waals surface area contributed by atoms with Gasteiger partial charge in [-0.05, 0) is 57.4 Å². The first-order valence-electron chi connectivity index (χ1n) is 12.1. The lowest BCUT2D eigenvalue weighted by atomic mass is 9.90. The van der Waals surface area contributed by atoms with Crippen molar-refractivity contribution in [1.29, 1.82) is 0 Å². The van der Waals surface area contributed by atoms with Crippen molar-refractivity contribution in [1.82, 2.24) is 30.0 Å². The van der Waals surface area contributed by atoms with E-state index >= 15 is 0 Å². The molecule has 180 valence electrons. The number of aryl methyl sites for hydroxylation is 1. The number of para-hydroxylation sites is 1. The van der Waals surface area contributed by atoms with Crippen molar-refractivity contribution in [3.63, 3.8) is 0 Å². The van der Waals surface area contributed by atoms with Gasteiger partial charge in [0.15, 0.2) is 5.82 Å². The fourth-order valence-corrected chi connectivity index (χ4v) is 4.91. The van der Waals surface area contributed by atoms with E-state index in [4.69, 9.17) is 9.97 Å². The minimum atomic E-state index is -0.00821. The molecule has 1 aliphatic rings. The maximum Gasteiger partial charge on any atom is 0.272 e. The summed E-state index contributed by atoms with van der Waals surface area (Å²) in [6, 6.07) is 15.6. The monoisotopic (exact) mass is 470 g/mol. The highest BCUT2D eigenvalue weighted by Crippen LogP contribution is 2.30. The molecule has 3 unspecified atom stereocenters. The molecule has 9 nitrogen and oxygen atoms in total. The van der Waals surface area contributed by atoms with Crippen LogP contribution in [0.15, 0.2) is 54.7 Å². The Morgan fingerprint density at radius 3 is 2.71 bits per heavy atom. The van der Waals surface area contributed by atoms with Gasteiger partial charge in [-0.25, -0.2) is 4.98 Å². The van der Waals surface area contributed by atoms with E-state index in [9.17, 15) is 4.79 Å². The van der Waals surface area contributed by atoms with Crippen molar-refractivity contribution in [3.8, 4) is 0 Å². The zero-order valence-electron chi connectivity index (χ0n) is 20.2. The van der Waals surface area contributed by atoms with E-state index < -0.39 is 0 Å².